The van der Waals surface area contributed by atoms with Crippen LogP contribution in [0, 0.1) is 25.7 Å². The molecule has 2 aromatic heterocycles. The van der Waals surface area contributed by atoms with Gasteiger partial charge in [0, 0.05) is 37.3 Å². The minimum atomic E-state index is 0.0392. The van der Waals surface area contributed by atoms with Crippen molar-refractivity contribution in [3.63, 3.8) is 0 Å². The van der Waals surface area contributed by atoms with Crippen LogP contribution in [0.5, 0.6) is 0 Å². The molecule has 30 heavy (non-hydrogen) atoms. The molecule has 0 saturated carbocycles. The Balaban J connectivity index is 1.49. The molecule has 160 valence electrons. The van der Waals surface area contributed by atoms with Gasteiger partial charge in [-0.3, -0.25) is 9.59 Å². The molecule has 7 nitrogen and oxygen atoms in total. The van der Waals surface area contributed by atoms with Gasteiger partial charge in [0.25, 0.3) is 11.6 Å². The monoisotopic (exact) mass is 410 g/mol. The number of carbonyl (C=O) groups is 2. The van der Waals surface area contributed by atoms with Gasteiger partial charge in [0.1, 0.15) is 0 Å². The first kappa shape index (κ1) is 19.5. The van der Waals surface area contributed by atoms with E-state index in [9.17, 15) is 9.59 Å². The lowest BCUT2D eigenvalue weighted by Gasteiger charge is -2.56. The van der Waals surface area contributed by atoms with Crippen LogP contribution in [0.15, 0.2) is 10.6 Å². The quantitative estimate of drug-likeness (QED) is 0.774. The summed E-state index contributed by atoms with van der Waals surface area (Å²) in [5, 5.41) is 4.75. The van der Waals surface area contributed by atoms with Gasteiger partial charge in [0.2, 0.25) is 5.91 Å². The highest BCUT2D eigenvalue weighted by atomic mass is 16.5. The van der Waals surface area contributed by atoms with Crippen LogP contribution in [0.25, 0.3) is 11.1 Å². The third-order valence-corrected chi connectivity index (χ3v) is 7.34. The summed E-state index contributed by atoms with van der Waals surface area (Å²) in [7, 11) is 0. The predicted molar refractivity (Wildman–Crippen MR) is 112 cm³/mol. The molecular formula is C23H30N4O3. The maximum absolute atomic E-state index is 13.7. The third kappa shape index (κ3) is 3.01. The normalized spacial score (nSPS) is 28.7. The zero-order valence-electron chi connectivity index (χ0n) is 18.1. The lowest BCUT2D eigenvalue weighted by molar-refractivity contribution is -0.152. The Bertz CT molecular complexity index is 1000. The number of pyridine rings is 1. The molecular weight excluding hydrogens is 380 g/mol. The van der Waals surface area contributed by atoms with Gasteiger partial charge in [-0.15, -0.1) is 0 Å². The highest BCUT2D eigenvalue weighted by Gasteiger charge is 2.49. The number of rotatable bonds is 3. The van der Waals surface area contributed by atoms with Gasteiger partial charge in [-0.1, -0.05) is 18.5 Å². The van der Waals surface area contributed by atoms with Gasteiger partial charge in [0.05, 0.1) is 16.6 Å². The van der Waals surface area contributed by atoms with E-state index in [0.29, 0.717) is 47.7 Å². The molecule has 3 fully saturated rings. The first-order valence-corrected chi connectivity index (χ1v) is 11.3. The summed E-state index contributed by atoms with van der Waals surface area (Å²) in [6.45, 7) is 7.35. The van der Waals surface area contributed by atoms with Crippen LogP contribution in [0.1, 0.15) is 67.2 Å². The fraction of sp³-hybridized carbons (Fsp3) is 0.652. The summed E-state index contributed by atoms with van der Waals surface area (Å²) in [4.78, 5) is 35.1. The van der Waals surface area contributed by atoms with Gasteiger partial charge in [-0.2, -0.15) is 0 Å². The second kappa shape index (κ2) is 7.36. The SMILES string of the molecule is CCC[C@H]1[C@H]2C[C@H](CN(C(=O)c3cc(C)nc4onc(C)c34)C2)[C@@H]2CCCC(=O)N21. The van der Waals surface area contributed by atoms with Crippen LogP contribution in [0.2, 0.25) is 0 Å². The largest absolute Gasteiger partial charge is 0.338 e. The van der Waals surface area contributed by atoms with Crippen molar-refractivity contribution < 1.29 is 14.1 Å². The number of fused-ring (bicyclic) bond motifs is 5. The number of piperidine rings is 3. The number of aryl methyl sites for hydroxylation is 2. The third-order valence-electron chi connectivity index (χ3n) is 7.34. The predicted octanol–water partition coefficient (Wildman–Crippen LogP) is 3.48. The van der Waals surface area contributed by atoms with Crippen LogP contribution in [0.3, 0.4) is 0 Å². The molecule has 0 aliphatic carbocycles. The van der Waals surface area contributed by atoms with Gasteiger partial charge >= 0.3 is 0 Å². The fourth-order valence-electron chi connectivity index (χ4n) is 6.17. The van der Waals surface area contributed by atoms with Crippen molar-refractivity contribution in [2.45, 2.75) is 71.4 Å². The van der Waals surface area contributed by atoms with Crippen molar-refractivity contribution in [1.82, 2.24) is 19.9 Å². The molecule has 3 saturated heterocycles. The zero-order valence-corrected chi connectivity index (χ0v) is 18.1. The molecule has 5 heterocycles. The smallest absolute Gasteiger partial charge is 0.258 e. The molecule has 2 bridgehead atoms. The van der Waals surface area contributed by atoms with E-state index in [1.807, 2.05) is 24.8 Å². The lowest BCUT2D eigenvalue weighted by atomic mass is 9.71. The van der Waals surface area contributed by atoms with Crippen LogP contribution in [-0.2, 0) is 4.79 Å². The average molecular weight is 411 g/mol. The van der Waals surface area contributed by atoms with Crippen molar-refractivity contribution in [1.29, 1.82) is 0 Å². The molecule has 0 N–H and O–H groups in total. The highest BCUT2D eigenvalue weighted by molar-refractivity contribution is 6.06. The summed E-state index contributed by atoms with van der Waals surface area (Å²) in [6.07, 6.45) is 5.91. The van der Waals surface area contributed by atoms with E-state index in [1.165, 1.54) is 0 Å². The maximum atomic E-state index is 13.7. The summed E-state index contributed by atoms with van der Waals surface area (Å²) < 4.78 is 5.34. The van der Waals surface area contributed by atoms with Crippen molar-refractivity contribution in [2.75, 3.05) is 13.1 Å². The Morgan fingerprint density at radius 2 is 2.07 bits per heavy atom. The van der Waals surface area contributed by atoms with Crippen LogP contribution in [0.4, 0.5) is 0 Å². The van der Waals surface area contributed by atoms with E-state index >= 15 is 0 Å². The minimum Gasteiger partial charge on any atom is -0.338 e. The van der Waals surface area contributed by atoms with E-state index < -0.39 is 0 Å². The number of hydrogen-bond acceptors (Lipinski definition) is 5. The van der Waals surface area contributed by atoms with Gasteiger partial charge in [0.15, 0.2) is 0 Å². The standard InChI is InChI=1S/C23H30N4O3/c1-4-6-18-15-10-16(19-7-5-8-20(28)27(18)19)12-26(11-15)23(29)17-9-13(2)24-22-21(17)14(3)25-30-22/h9,15-16,18-19H,4-8,10-12H2,1-3H3/t15-,16+,18-,19-/m0/s1. The van der Waals surface area contributed by atoms with Crippen molar-refractivity contribution in [3.8, 4) is 0 Å². The van der Waals surface area contributed by atoms with Crippen molar-refractivity contribution in [3.05, 3.63) is 23.0 Å². The Morgan fingerprint density at radius 3 is 2.87 bits per heavy atom. The molecule has 0 radical (unpaired) electrons. The zero-order chi connectivity index (χ0) is 21.0. The number of likely N-dealkylation sites (tertiary alicyclic amines) is 1. The van der Waals surface area contributed by atoms with E-state index in [1.54, 1.807) is 0 Å². The number of amides is 2. The Hall–Kier alpha value is -2.44. The summed E-state index contributed by atoms with van der Waals surface area (Å²) in [6, 6.07) is 2.40. The van der Waals surface area contributed by atoms with Gasteiger partial charge in [-0.25, -0.2) is 4.98 Å². The topological polar surface area (TPSA) is 79.5 Å². The van der Waals surface area contributed by atoms with Crippen molar-refractivity contribution in [2.24, 2.45) is 11.8 Å². The molecule has 5 rings (SSSR count). The molecule has 0 unspecified atom stereocenters. The number of carbonyl (C=O) groups excluding carboxylic acids is 2. The van der Waals surface area contributed by atoms with Gasteiger partial charge in [-0.05, 0) is 57.4 Å². The van der Waals surface area contributed by atoms with E-state index in [2.05, 4.69) is 22.0 Å². The van der Waals surface area contributed by atoms with Crippen LogP contribution < -0.4 is 0 Å². The second-order valence-corrected chi connectivity index (χ2v) is 9.34. The highest BCUT2D eigenvalue weighted by Crippen LogP contribution is 2.43. The molecule has 7 heteroatoms. The lowest BCUT2D eigenvalue weighted by Crippen LogP contribution is -2.65. The van der Waals surface area contributed by atoms with Crippen LogP contribution in [-0.4, -0.2) is 56.9 Å². The Labute approximate surface area is 176 Å². The average Bonchev–Trinajstić information content (AvgIpc) is 3.10. The maximum Gasteiger partial charge on any atom is 0.258 e. The molecule has 0 aromatic carbocycles. The molecule has 0 spiro atoms. The first-order valence-electron chi connectivity index (χ1n) is 11.3. The van der Waals surface area contributed by atoms with Crippen molar-refractivity contribution >= 4 is 22.9 Å². The van der Waals surface area contributed by atoms with E-state index in [4.69, 9.17) is 4.52 Å². The van der Waals surface area contributed by atoms with E-state index in [-0.39, 0.29) is 18.0 Å². The second-order valence-electron chi connectivity index (χ2n) is 9.34. The number of hydrogen-bond donors (Lipinski definition) is 0. The van der Waals surface area contributed by atoms with Crippen LogP contribution >= 0.6 is 0 Å². The number of nitrogens with zero attached hydrogens (tertiary/aromatic N) is 4. The molecule has 3 aliphatic rings. The van der Waals surface area contributed by atoms with Gasteiger partial charge < -0.3 is 14.3 Å². The molecule has 3 aliphatic heterocycles. The first-order chi connectivity index (χ1) is 14.5. The summed E-state index contributed by atoms with van der Waals surface area (Å²) >= 11 is 0. The Morgan fingerprint density at radius 1 is 1.27 bits per heavy atom. The Kier molecular flexibility index (Phi) is 4.79. The fourth-order valence-corrected chi connectivity index (χ4v) is 6.17. The summed E-state index contributed by atoms with van der Waals surface area (Å²) in [5.41, 5.74) is 2.53. The minimum absolute atomic E-state index is 0.0392. The molecule has 2 amide bonds. The molecule has 2 aromatic rings. The number of aromatic nitrogens is 2. The summed E-state index contributed by atoms with van der Waals surface area (Å²) in [5.74, 6) is 1.09. The molecule has 4 atom stereocenters. The van der Waals surface area contributed by atoms with E-state index in [0.717, 1.165) is 49.7 Å².